The second-order valence-corrected chi connectivity index (χ2v) is 3.86. The van der Waals surface area contributed by atoms with E-state index < -0.39 is 0 Å². The van der Waals surface area contributed by atoms with Gasteiger partial charge in [0.15, 0.2) is 0 Å². The van der Waals surface area contributed by atoms with Crippen molar-refractivity contribution in [3.05, 3.63) is 0 Å². The van der Waals surface area contributed by atoms with E-state index in [1.165, 1.54) is 25.7 Å². The monoisotopic (exact) mass is 194 g/mol. The average Bonchev–Trinajstić information content (AvgIpc) is 2.62. The molecule has 14 heavy (non-hydrogen) atoms. The van der Waals surface area contributed by atoms with Crippen LogP contribution < -0.4 is 5.43 Å². The standard InChI is InChI=1S/C10H18N4/c1-2-7-14(9-11-5-1)10-4-3-6-12-13-8-10/h8-10,12H,1-7H2. The summed E-state index contributed by atoms with van der Waals surface area (Å²) in [6, 6.07) is 0.451. The van der Waals surface area contributed by atoms with Crippen LogP contribution in [0.1, 0.15) is 25.7 Å². The molecule has 0 aromatic carbocycles. The van der Waals surface area contributed by atoms with E-state index in [0.29, 0.717) is 6.04 Å². The molecular weight excluding hydrogens is 176 g/mol. The Labute approximate surface area is 85.1 Å². The van der Waals surface area contributed by atoms with Gasteiger partial charge in [-0.1, -0.05) is 0 Å². The lowest BCUT2D eigenvalue weighted by Gasteiger charge is -2.24. The zero-order valence-corrected chi connectivity index (χ0v) is 8.52. The molecule has 78 valence electrons. The Morgan fingerprint density at radius 2 is 2.29 bits per heavy atom. The normalized spacial score (nSPS) is 28.0. The maximum Gasteiger partial charge on any atom is 0.0855 e. The Hall–Kier alpha value is -1.06. The van der Waals surface area contributed by atoms with E-state index in [4.69, 9.17) is 0 Å². The molecule has 4 heteroatoms. The van der Waals surface area contributed by atoms with Crippen LogP contribution in [0.25, 0.3) is 0 Å². The minimum absolute atomic E-state index is 0.451. The van der Waals surface area contributed by atoms with Crippen LogP contribution in [-0.2, 0) is 0 Å². The summed E-state index contributed by atoms with van der Waals surface area (Å²) in [6.07, 6.45) is 8.86. The Bertz CT molecular complexity index is 200. The van der Waals surface area contributed by atoms with Crippen molar-refractivity contribution < 1.29 is 0 Å². The first-order chi connectivity index (χ1) is 6.97. The van der Waals surface area contributed by atoms with Crippen LogP contribution in [0.3, 0.4) is 0 Å². The van der Waals surface area contributed by atoms with Crippen molar-refractivity contribution in [1.29, 1.82) is 0 Å². The summed E-state index contributed by atoms with van der Waals surface area (Å²) in [5.41, 5.74) is 3.03. The highest BCUT2D eigenvalue weighted by Crippen LogP contribution is 2.09. The van der Waals surface area contributed by atoms with Gasteiger partial charge < -0.3 is 10.3 Å². The van der Waals surface area contributed by atoms with Gasteiger partial charge in [-0.15, -0.1) is 0 Å². The van der Waals surface area contributed by atoms with E-state index >= 15 is 0 Å². The lowest BCUT2D eigenvalue weighted by molar-refractivity contribution is 0.371. The fourth-order valence-electron chi connectivity index (χ4n) is 1.89. The number of aliphatic imine (C=N–C) groups is 1. The largest absolute Gasteiger partial charge is 0.355 e. The highest BCUT2D eigenvalue weighted by Gasteiger charge is 2.15. The molecule has 0 bridgehead atoms. The fraction of sp³-hybridized carbons (Fsp3) is 0.800. The Morgan fingerprint density at radius 3 is 3.29 bits per heavy atom. The average molecular weight is 194 g/mol. The first-order valence-corrected chi connectivity index (χ1v) is 5.48. The number of hydrogen-bond donors (Lipinski definition) is 1. The molecule has 1 N–H and O–H groups in total. The van der Waals surface area contributed by atoms with Crippen molar-refractivity contribution in [1.82, 2.24) is 10.3 Å². The molecule has 0 aliphatic carbocycles. The first kappa shape index (κ1) is 9.49. The smallest absolute Gasteiger partial charge is 0.0855 e. The van der Waals surface area contributed by atoms with Crippen molar-refractivity contribution in [3.63, 3.8) is 0 Å². The second-order valence-electron chi connectivity index (χ2n) is 3.86. The molecule has 0 saturated carbocycles. The quantitative estimate of drug-likeness (QED) is 0.672. The van der Waals surface area contributed by atoms with Gasteiger partial charge in [-0.25, -0.2) is 0 Å². The Morgan fingerprint density at radius 1 is 1.29 bits per heavy atom. The molecule has 2 aliphatic rings. The van der Waals surface area contributed by atoms with Gasteiger partial charge in [0.25, 0.3) is 0 Å². The summed E-state index contributed by atoms with van der Waals surface area (Å²) >= 11 is 0. The lowest BCUT2D eigenvalue weighted by atomic mass is 10.1. The third-order valence-electron chi connectivity index (χ3n) is 2.74. The molecule has 0 radical (unpaired) electrons. The van der Waals surface area contributed by atoms with Crippen LogP contribution in [0.5, 0.6) is 0 Å². The highest BCUT2D eigenvalue weighted by atomic mass is 15.3. The molecule has 0 fully saturated rings. The minimum atomic E-state index is 0.451. The van der Waals surface area contributed by atoms with Gasteiger partial charge in [0, 0.05) is 25.8 Å². The molecule has 2 rings (SSSR count). The van der Waals surface area contributed by atoms with Crippen molar-refractivity contribution in [2.24, 2.45) is 10.1 Å². The lowest BCUT2D eigenvalue weighted by Crippen LogP contribution is -2.35. The maximum absolute atomic E-state index is 4.38. The molecule has 0 aromatic heterocycles. The molecular formula is C10H18N4. The molecule has 0 spiro atoms. The summed E-state index contributed by atoms with van der Waals surface area (Å²) in [4.78, 5) is 6.70. The molecule has 4 nitrogen and oxygen atoms in total. The Kier molecular flexibility index (Phi) is 3.38. The summed E-state index contributed by atoms with van der Waals surface area (Å²) in [5, 5.41) is 4.18. The van der Waals surface area contributed by atoms with Gasteiger partial charge in [-0.3, -0.25) is 4.99 Å². The molecule has 2 aliphatic heterocycles. The topological polar surface area (TPSA) is 40.0 Å². The highest BCUT2D eigenvalue weighted by molar-refractivity contribution is 5.70. The van der Waals surface area contributed by atoms with Gasteiger partial charge in [0.05, 0.1) is 12.4 Å². The summed E-state index contributed by atoms with van der Waals surface area (Å²) in [6.45, 7) is 3.11. The van der Waals surface area contributed by atoms with E-state index in [0.717, 1.165) is 19.6 Å². The first-order valence-electron chi connectivity index (χ1n) is 5.48. The fourth-order valence-corrected chi connectivity index (χ4v) is 1.89. The van der Waals surface area contributed by atoms with Crippen LogP contribution in [0.4, 0.5) is 0 Å². The summed E-state index contributed by atoms with van der Waals surface area (Å²) in [5.74, 6) is 0. The zero-order valence-electron chi connectivity index (χ0n) is 8.52. The maximum atomic E-state index is 4.38. The van der Waals surface area contributed by atoms with Crippen LogP contribution in [0.2, 0.25) is 0 Å². The third-order valence-corrected chi connectivity index (χ3v) is 2.74. The number of hydrazone groups is 1. The molecule has 0 amide bonds. The van der Waals surface area contributed by atoms with Crippen LogP contribution in [0.15, 0.2) is 10.1 Å². The van der Waals surface area contributed by atoms with Crippen molar-refractivity contribution in [3.8, 4) is 0 Å². The van der Waals surface area contributed by atoms with Crippen LogP contribution in [0, 0.1) is 0 Å². The Balaban J connectivity index is 1.96. The van der Waals surface area contributed by atoms with Crippen molar-refractivity contribution in [2.45, 2.75) is 31.7 Å². The number of rotatable bonds is 1. The molecule has 2 heterocycles. The van der Waals surface area contributed by atoms with E-state index in [-0.39, 0.29) is 0 Å². The van der Waals surface area contributed by atoms with E-state index in [2.05, 4.69) is 20.4 Å². The number of hydrogen-bond acceptors (Lipinski definition) is 4. The van der Waals surface area contributed by atoms with Gasteiger partial charge in [0.2, 0.25) is 0 Å². The summed E-state index contributed by atoms with van der Waals surface area (Å²) in [7, 11) is 0. The SMILES string of the molecule is C1=NCCCCN1C1C=NNCCC1. The van der Waals surface area contributed by atoms with Gasteiger partial charge in [0.1, 0.15) is 0 Å². The molecule has 1 atom stereocenters. The van der Waals surface area contributed by atoms with Crippen molar-refractivity contribution >= 4 is 12.6 Å². The van der Waals surface area contributed by atoms with Gasteiger partial charge in [-0.05, 0) is 25.7 Å². The van der Waals surface area contributed by atoms with Gasteiger partial charge >= 0.3 is 0 Å². The second kappa shape index (κ2) is 4.98. The van der Waals surface area contributed by atoms with E-state index in [1.54, 1.807) is 0 Å². The zero-order chi connectivity index (χ0) is 9.64. The van der Waals surface area contributed by atoms with Crippen LogP contribution >= 0.6 is 0 Å². The predicted octanol–water partition coefficient (Wildman–Crippen LogP) is 0.848. The third kappa shape index (κ3) is 2.47. The molecule has 1 unspecified atom stereocenters. The van der Waals surface area contributed by atoms with Crippen LogP contribution in [-0.4, -0.2) is 43.1 Å². The van der Waals surface area contributed by atoms with Crippen molar-refractivity contribution in [2.75, 3.05) is 19.6 Å². The van der Waals surface area contributed by atoms with E-state index in [1.807, 2.05) is 12.6 Å². The number of nitrogens with one attached hydrogen (secondary N) is 1. The molecule has 0 aromatic rings. The molecule has 0 saturated heterocycles. The minimum Gasteiger partial charge on any atom is -0.355 e. The van der Waals surface area contributed by atoms with E-state index in [9.17, 15) is 0 Å². The predicted molar refractivity (Wildman–Crippen MR) is 58.8 cm³/mol. The van der Waals surface area contributed by atoms with Gasteiger partial charge in [-0.2, -0.15) is 5.10 Å². The summed E-state index contributed by atoms with van der Waals surface area (Å²) < 4.78 is 0. The number of nitrogens with zero attached hydrogens (tertiary/aromatic N) is 3.